The van der Waals surface area contributed by atoms with Crippen molar-refractivity contribution in [3.05, 3.63) is 28.1 Å². The molecule has 0 saturated heterocycles. The molecule has 1 heterocycles. The number of oxazole rings is 1. The smallest absolute Gasteiger partial charge is 0.195 e. The Labute approximate surface area is 85.1 Å². The fourth-order valence-electron chi connectivity index (χ4n) is 1.32. The molecule has 0 unspecified atom stereocenters. The molecule has 2 aromatic rings. The van der Waals surface area contributed by atoms with Crippen LogP contribution in [0, 0.1) is 6.92 Å². The van der Waals surface area contributed by atoms with Gasteiger partial charge in [-0.2, -0.15) is 0 Å². The van der Waals surface area contributed by atoms with Gasteiger partial charge in [-0.1, -0.05) is 6.92 Å². The summed E-state index contributed by atoms with van der Waals surface area (Å²) in [5.41, 5.74) is 2.97. The van der Waals surface area contributed by atoms with Crippen LogP contribution >= 0.6 is 15.9 Å². The van der Waals surface area contributed by atoms with E-state index in [0.29, 0.717) is 0 Å². The van der Waals surface area contributed by atoms with Gasteiger partial charge in [0, 0.05) is 6.42 Å². The minimum absolute atomic E-state index is 0.793. The Morgan fingerprint density at radius 3 is 2.92 bits per heavy atom. The molecule has 0 aliphatic heterocycles. The number of hydrogen-bond donors (Lipinski definition) is 0. The first kappa shape index (κ1) is 8.75. The first-order valence-electron chi connectivity index (χ1n) is 4.26. The molecule has 0 spiro atoms. The van der Waals surface area contributed by atoms with Crippen LogP contribution in [-0.2, 0) is 6.42 Å². The molecule has 0 saturated carbocycles. The van der Waals surface area contributed by atoms with Gasteiger partial charge in [0.2, 0.25) is 0 Å². The van der Waals surface area contributed by atoms with Crippen LogP contribution in [0.5, 0.6) is 0 Å². The summed E-state index contributed by atoms with van der Waals surface area (Å²) < 4.78 is 6.53. The Hall–Kier alpha value is -0.830. The van der Waals surface area contributed by atoms with Crippen molar-refractivity contribution in [1.82, 2.24) is 4.98 Å². The van der Waals surface area contributed by atoms with E-state index in [1.807, 2.05) is 26.0 Å². The third kappa shape index (κ3) is 1.48. The average Bonchev–Trinajstić information content (AvgIpc) is 2.47. The number of hydrogen-bond acceptors (Lipinski definition) is 2. The third-order valence-electron chi connectivity index (χ3n) is 1.94. The third-order valence-corrected chi connectivity index (χ3v) is 2.52. The normalized spacial score (nSPS) is 11.0. The Balaban J connectivity index is 2.75. The number of fused-ring (bicyclic) bond motifs is 1. The van der Waals surface area contributed by atoms with Gasteiger partial charge in [-0.05, 0) is 40.5 Å². The average molecular weight is 240 g/mol. The minimum atomic E-state index is 0.793. The van der Waals surface area contributed by atoms with Crippen LogP contribution in [0.2, 0.25) is 0 Å². The number of rotatable bonds is 1. The fraction of sp³-hybridized carbons (Fsp3) is 0.300. The summed E-state index contributed by atoms with van der Waals surface area (Å²) in [5.74, 6) is 0.793. The van der Waals surface area contributed by atoms with Gasteiger partial charge < -0.3 is 4.42 Å². The van der Waals surface area contributed by atoms with Gasteiger partial charge >= 0.3 is 0 Å². The highest BCUT2D eigenvalue weighted by atomic mass is 79.9. The van der Waals surface area contributed by atoms with E-state index >= 15 is 0 Å². The zero-order valence-electron chi connectivity index (χ0n) is 7.60. The fourth-order valence-corrected chi connectivity index (χ4v) is 1.97. The Morgan fingerprint density at radius 1 is 1.46 bits per heavy atom. The molecule has 2 nitrogen and oxygen atoms in total. The second kappa shape index (κ2) is 3.14. The Kier molecular flexibility index (Phi) is 2.12. The molecule has 2 rings (SSSR count). The van der Waals surface area contributed by atoms with Gasteiger partial charge in [0.25, 0.3) is 0 Å². The van der Waals surface area contributed by atoms with E-state index < -0.39 is 0 Å². The lowest BCUT2D eigenvalue weighted by Gasteiger charge is -1.93. The first-order chi connectivity index (χ1) is 6.20. The lowest BCUT2D eigenvalue weighted by Crippen LogP contribution is -1.76. The van der Waals surface area contributed by atoms with Crippen molar-refractivity contribution in [2.45, 2.75) is 20.3 Å². The standard InChI is InChI=1S/C10H10BrNO/c1-3-9-12-8-5-6(2)4-7(11)10(8)13-9/h4-5H,3H2,1-2H3. The van der Waals surface area contributed by atoms with Crippen molar-refractivity contribution in [3.63, 3.8) is 0 Å². The second-order valence-corrected chi connectivity index (χ2v) is 3.91. The zero-order valence-corrected chi connectivity index (χ0v) is 9.18. The van der Waals surface area contributed by atoms with Crippen molar-refractivity contribution in [1.29, 1.82) is 0 Å². The number of halogens is 1. The summed E-state index contributed by atoms with van der Waals surface area (Å²) in [4.78, 5) is 4.36. The molecule has 3 heteroatoms. The molecule has 0 fully saturated rings. The van der Waals surface area contributed by atoms with E-state index in [9.17, 15) is 0 Å². The highest BCUT2D eigenvalue weighted by Gasteiger charge is 2.07. The van der Waals surface area contributed by atoms with Crippen LogP contribution in [0.15, 0.2) is 21.0 Å². The van der Waals surface area contributed by atoms with Crippen molar-refractivity contribution in [2.75, 3.05) is 0 Å². The maximum absolute atomic E-state index is 5.54. The van der Waals surface area contributed by atoms with Crippen LogP contribution in [0.1, 0.15) is 18.4 Å². The number of aryl methyl sites for hydroxylation is 2. The lowest BCUT2D eigenvalue weighted by molar-refractivity contribution is 0.536. The molecule has 0 amide bonds. The van der Waals surface area contributed by atoms with E-state index in [1.54, 1.807) is 0 Å². The molecular formula is C10H10BrNO. The van der Waals surface area contributed by atoms with Gasteiger partial charge in [-0.15, -0.1) is 0 Å². The summed E-state index contributed by atoms with van der Waals surface area (Å²) in [5, 5.41) is 0. The van der Waals surface area contributed by atoms with Crippen LogP contribution in [0.4, 0.5) is 0 Å². The summed E-state index contributed by atoms with van der Waals surface area (Å²) in [6, 6.07) is 4.07. The maximum atomic E-state index is 5.54. The van der Waals surface area contributed by atoms with E-state index in [0.717, 1.165) is 27.9 Å². The van der Waals surface area contributed by atoms with Crippen molar-refractivity contribution >= 4 is 27.0 Å². The highest BCUT2D eigenvalue weighted by Crippen LogP contribution is 2.26. The quantitative estimate of drug-likeness (QED) is 0.762. The molecule has 1 aromatic heterocycles. The predicted octanol–water partition coefficient (Wildman–Crippen LogP) is 3.46. The van der Waals surface area contributed by atoms with E-state index in [4.69, 9.17) is 4.42 Å². The summed E-state index contributed by atoms with van der Waals surface area (Å²) in [6.45, 7) is 4.08. The van der Waals surface area contributed by atoms with E-state index in [2.05, 4.69) is 20.9 Å². The lowest BCUT2D eigenvalue weighted by atomic mass is 10.2. The van der Waals surface area contributed by atoms with Crippen molar-refractivity contribution in [2.24, 2.45) is 0 Å². The Morgan fingerprint density at radius 2 is 2.23 bits per heavy atom. The SMILES string of the molecule is CCc1nc2cc(C)cc(Br)c2o1. The van der Waals surface area contributed by atoms with Gasteiger partial charge in [-0.3, -0.25) is 0 Å². The highest BCUT2D eigenvalue weighted by molar-refractivity contribution is 9.10. The van der Waals surface area contributed by atoms with Crippen LogP contribution in [-0.4, -0.2) is 4.98 Å². The molecule has 0 aliphatic rings. The minimum Gasteiger partial charge on any atom is -0.440 e. The van der Waals surface area contributed by atoms with Crippen molar-refractivity contribution < 1.29 is 4.42 Å². The van der Waals surface area contributed by atoms with Crippen LogP contribution in [0.25, 0.3) is 11.1 Å². The van der Waals surface area contributed by atoms with Gasteiger partial charge in [0.15, 0.2) is 11.5 Å². The molecule has 13 heavy (non-hydrogen) atoms. The largest absolute Gasteiger partial charge is 0.440 e. The van der Waals surface area contributed by atoms with Crippen molar-refractivity contribution in [3.8, 4) is 0 Å². The number of benzene rings is 1. The number of nitrogens with zero attached hydrogens (tertiary/aromatic N) is 1. The zero-order chi connectivity index (χ0) is 9.42. The molecule has 0 bridgehead atoms. The molecule has 0 radical (unpaired) electrons. The predicted molar refractivity (Wildman–Crippen MR) is 55.8 cm³/mol. The maximum Gasteiger partial charge on any atom is 0.195 e. The van der Waals surface area contributed by atoms with Crippen LogP contribution < -0.4 is 0 Å². The molecule has 0 aliphatic carbocycles. The molecular weight excluding hydrogens is 230 g/mol. The van der Waals surface area contributed by atoms with E-state index in [-0.39, 0.29) is 0 Å². The van der Waals surface area contributed by atoms with E-state index in [1.165, 1.54) is 5.56 Å². The topological polar surface area (TPSA) is 26.0 Å². The van der Waals surface area contributed by atoms with Crippen LogP contribution in [0.3, 0.4) is 0 Å². The summed E-state index contributed by atoms with van der Waals surface area (Å²) in [6.07, 6.45) is 0.833. The number of aromatic nitrogens is 1. The molecule has 68 valence electrons. The molecule has 1 aromatic carbocycles. The summed E-state index contributed by atoms with van der Waals surface area (Å²) in [7, 11) is 0. The molecule has 0 N–H and O–H groups in total. The van der Waals surface area contributed by atoms with Gasteiger partial charge in [-0.25, -0.2) is 4.98 Å². The monoisotopic (exact) mass is 239 g/mol. The molecule has 0 atom stereocenters. The first-order valence-corrected chi connectivity index (χ1v) is 5.05. The van der Waals surface area contributed by atoms with Gasteiger partial charge in [0.05, 0.1) is 4.47 Å². The Bertz CT molecular complexity index is 447. The summed E-state index contributed by atoms with van der Waals surface area (Å²) >= 11 is 3.46. The second-order valence-electron chi connectivity index (χ2n) is 3.06. The van der Waals surface area contributed by atoms with Gasteiger partial charge in [0.1, 0.15) is 5.52 Å².